The van der Waals surface area contributed by atoms with Gasteiger partial charge in [0.2, 0.25) is 0 Å². The molecule has 56 heavy (non-hydrogen) atoms. The van der Waals surface area contributed by atoms with Gasteiger partial charge >= 0.3 is 17.9 Å². The highest BCUT2D eigenvalue weighted by atomic mass is 16.6. The van der Waals surface area contributed by atoms with Crippen LogP contribution in [0.25, 0.3) is 0 Å². The van der Waals surface area contributed by atoms with Crippen molar-refractivity contribution in [2.75, 3.05) is 13.2 Å². The fourth-order valence-electron chi connectivity index (χ4n) is 5.37. The van der Waals surface area contributed by atoms with E-state index in [1.165, 1.54) is 44.9 Å². The number of hydrogen-bond donors (Lipinski definition) is 0. The summed E-state index contributed by atoms with van der Waals surface area (Å²) in [7, 11) is 0. The van der Waals surface area contributed by atoms with E-state index in [0.717, 1.165) is 70.6 Å². The molecule has 0 spiro atoms. The Kier molecular flexibility index (Phi) is 40.7. The van der Waals surface area contributed by atoms with E-state index < -0.39 is 12.1 Å². The molecule has 0 fully saturated rings. The van der Waals surface area contributed by atoms with E-state index in [1.807, 2.05) is 54.7 Å². The first-order chi connectivity index (χ1) is 27.5. The molecule has 0 radical (unpaired) electrons. The molecule has 0 saturated carbocycles. The van der Waals surface area contributed by atoms with Crippen LogP contribution in [0.5, 0.6) is 0 Å². The van der Waals surface area contributed by atoms with E-state index in [9.17, 15) is 14.4 Å². The fraction of sp³-hybridized carbons (Fsp3) is 0.580. The summed E-state index contributed by atoms with van der Waals surface area (Å²) < 4.78 is 16.5. The van der Waals surface area contributed by atoms with Crippen molar-refractivity contribution in [3.8, 4) is 0 Å². The third-order valence-corrected chi connectivity index (χ3v) is 8.62. The minimum atomic E-state index is -0.840. The Morgan fingerprint density at radius 2 is 0.804 bits per heavy atom. The second kappa shape index (κ2) is 43.8. The van der Waals surface area contributed by atoms with Crippen LogP contribution in [-0.4, -0.2) is 37.2 Å². The highest BCUT2D eigenvalue weighted by Crippen LogP contribution is 2.11. The van der Waals surface area contributed by atoms with Crippen LogP contribution in [-0.2, 0) is 28.6 Å². The van der Waals surface area contributed by atoms with Gasteiger partial charge in [-0.3, -0.25) is 14.4 Å². The molecule has 1 atom stereocenters. The Hall–Kier alpha value is -3.93. The molecule has 0 aliphatic heterocycles. The van der Waals surface area contributed by atoms with Crippen molar-refractivity contribution in [1.29, 1.82) is 0 Å². The summed E-state index contributed by atoms with van der Waals surface area (Å²) >= 11 is 0. The van der Waals surface area contributed by atoms with Crippen LogP contribution in [0.4, 0.5) is 0 Å². The van der Waals surface area contributed by atoms with Gasteiger partial charge in [-0.05, 0) is 83.5 Å². The minimum Gasteiger partial charge on any atom is -0.462 e. The normalized spacial score (nSPS) is 13.1. The zero-order valence-electron chi connectivity index (χ0n) is 35.6. The highest BCUT2D eigenvalue weighted by molar-refractivity contribution is 5.71. The smallest absolute Gasteiger partial charge is 0.306 e. The molecular formula is C50H78O6. The third kappa shape index (κ3) is 41.2. The minimum absolute atomic E-state index is 0.133. The molecule has 0 aromatic heterocycles. The summed E-state index contributed by atoms with van der Waals surface area (Å²) in [4.78, 5) is 37.6. The van der Waals surface area contributed by atoms with E-state index >= 15 is 0 Å². The second-order valence-electron chi connectivity index (χ2n) is 14.0. The molecule has 1 unspecified atom stereocenters. The summed E-state index contributed by atoms with van der Waals surface area (Å²) in [5.74, 6) is -1.09. The topological polar surface area (TPSA) is 78.9 Å². The molecule has 314 valence electrons. The number of carbonyl (C=O) groups is 3. The van der Waals surface area contributed by atoms with Crippen molar-refractivity contribution in [2.24, 2.45) is 0 Å². The average Bonchev–Trinajstić information content (AvgIpc) is 3.19. The lowest BCUT2D eigenvalue weighted by Gasteiger charge is -2.18. The number of hydrogen-bond acceptors (Lipinski definition) is 6. The van der Waals surface area contributed by atoms with Gasteiger partial charge in [0.15, 0.2) is 6.10 Å². The summed E-state index contributed by atoms with van der Waals surface area (Å²) in [6, 6.07) is 0. The molecule has 0 heterocycles. The number of rotatable bonds is 37. The largest absolute Gasteiger partial charge is 0.462 e. The number of esters is 3. The maximum Gasteiger partial charge on any atom is 0.306 e. The lowest BCUT2D eigenvalue weighted by Crippen LogP contribution is -2.30. The van der Waals surface area contributed by atoms with E-state index in [4.69, 9.17) is 14.2 Å². The molecule has 6 heteroatoms. The Morgan fingerprint density at radius 1 is 0.393 bits per heavy atom. The van der Waals surface area contributed by atoms with Crippen molar-refractivity contribution >= 4 is 17.9 Å². The Labute approximate surface area is 342 Å². The van der Waals surface area contributed by atoms with Crippen molar-refractivity contribution in [2.45, 2.75) is 175 Å². The van der Waals surface area contributed by atoms with Gasteiger partial charge in [-0.25, -0.2) is 0 Å². The van der Waals surface area contributed by atoms with Gasteiger partial charge in [-0.1, -0.05) is 175 Å². The number of unbranched alkanes of at least 4 members (excludes halogenated alkanes) is 12. The standard InChI is InChI=1S/C50H78O6/c1-4-7-10-13-16-19-22-24-26-28-31-34-37-40-43-49(52)55-46-47(45-54-48(51)42-39-36-33-30-27-21-18-15-12-9-6-3)56-50(53)44-41-38-35-32-29-25-23-20-17-14-11-8-5-2/h8-9,11-12,14,17-18,20-21,23,25-26,28-30,32-33,35,47H,4-7,10,13,15-16,19,22,24,27,31,34,36-46H2,1-3H3/b11-8-,12-9-,17-14-,21-18-,23-20-,28-26-,29-25-,33-30-,35-32-. The van der Waals surface area contributed by atoms with Gasteiger partial charge in [0.05, 0.1) is 0 Å². The molecule has 0 saturated heterocycles. The first-order valence-corrected chi connectivity index (χ1v) is 22.0. The summed E-state index contributed by atoms with van der Waals surface area (Å²) in [5, 5.41) is 0. The third-order valence-electron chi connectivity index (χ3n) is 8.62. The first-order valence-electron chi connectivity index (χ1n) is 22.0. The van der Waals surface area contributed by atoms with Crippen molar-refractivity contribution in [3.63, 3.8) is 0 Å². The SMILES string of the molecule is CC\C=C/C=C\C=C/C=C\C=C/CCCC(=O)OC(COC(=O)CCC/C=C\C/C=C\C/C=C\CC)COC(=O)CCCCC/C=C\CCCCCCCCC. The monoisotopic (exact) mass is 775 g/mol. The maximum atomic E-state index is 12.7. The van der Waals surface area contributed by atoms with E-state index in [-0.39, 0.29) is 38.0 Å². The molecule has 0 rings (SSSR count). The van der Waals surface area contributed by atoms with Crippen LogP contribution in [0.1, 0.15) is 168 Å². The van der Waals surface area contributed by atoms with E-state index in [2.05, 4.69) is 75.5 Å². The van der Waals surface area contributed by atoms with Crippen molar-refractivity contribution in [1.82, 2.24) is 0 Å². The van der Waals surface area contributed by atoms with Crippen LogP contribution in [0, 0.1) is 0 Å². The maximum absolute atomic E-state index is 12.7. The van der Waals surface area contributed by atoms with Gasteiger partial charge in [-0.15, -0.1) is 0 Å². The second-order valence-corrected chi connectivity index (χ2v) is 14.0. The van der Waals surface area contributed by atoms with Crippen LogP contribution in [0.3, 0.4) is 0 Å². The van der Waals surface area contributed by atoms with E-state index in [0.29, 0.717) is 19.3 Å². The number of carbonyl (C=O) groups excluding carboxylic acids is 3. The van der Waals surface area contributed by atoms with Gasteiger partial charge in [0.25, 0.3) is 0 Å². The molecule has 0 aromatic rings. The molecule has 6 nitrogen and oxygen atoms in total. The summed E-state index contributed by atoms with van der Waals surface area (Å²) in [6.45, 7) is 6.20. The zero-order valence-corrected chi connectivity index (χ0v) is 35.6. The Balaban J connectivity index is 4.60. The molecule has 0 N–H and O–H groups in total. The fourth-order valence-corrected chi connectivity index (χ4v) is 5.37. The number of allylic oxidation sites excluding steroid dienone is 18. The molecule has 0 bridgehead atoms. The molecule has 0 aliphatic carbocycles. The van der Waals surface area contributed by atoms with Gasteiger partial charge in [0, 0.05) is 19.3 Å². The Bertz CT molecular complexity index is 1210. The number of ether oxygens (including phenoxy) is 3. The zero-order chi connectivity index (χ0) is 40.8. The lowest BCUT2D eigenvalue weighted by atomic mass is 10.1. The summed E-state index contributed by atoms with van der Waals surface area (Å²) in [6.07, 6.45) is 58.1. The predicted molar refractivity (Wildman–Crippen MR) is 237 cm³/mol. The lowest BCUT2D eigenvalue weighted by molar-refractivity contribution is -0.167. The first kappa shape index (κ1) is 52.1. The quantitative estimate of drug-likeness (QED) is 0.0206. The molecule has 0 aromatic carbocycles. The van der Waals surface area contributed by atoms with Crippen LogP contribution < -0.4 is 0 Å². The van der Waals surface area contributed by atoms with Crippen LogP contribution >= 0.6 is 0 Å². The van der Waals surface area contributed by atoms with Gasteiger partial charge in [-0.2, -0.15) is 0 Å². The predicted octanol–water partition coefficient (Wildman–Crippen LogP) is 14.0. The highest BCUT2D eigenvalue weighted by Gasteiger charge is 2.19. The van der Waals surface area contributed by atoms with Crippen molar-refractivity contribution in [3.05, 3.63) is 109 Å². The van der Waals surface area contributed by atoms with E-state index in [1.54, 1.807) is 0 Å². The Morgan fingerprint density at radius 3 is 1.39 bits per heavy atom. The van der Waals surface area contributed by atoms with Crippen LogP contribution in [0.15, 0.2) is 109 Å². The van der Waals surface area contributed by atoms with Gasteiger partial charge in [0.1, 0.15) is 13.2 Å². The van der Waals surface area contributed by atoms with Crippen LogP contribution in [0.2, 0.25) is 0 Å². The molecule has 0 aliphatic rings. The van der Waals surface area contributed by atoms with Gasteiger partial charge < -0.3 is 14.2 Å². The average molecular weight is 775 g/mol. The molecular weight excluding hydrogens is 697 g/mol. The van der Waals surface area contributed by atoms with Crippen molar-refractivity contribution < 1.29 is 28.6 Å². The molecule has 0 amide bonds. The summed E-state index contributed by atoms with van der Waals surface area (Å²) in [5.41, 5.74) is 0.